The number of rotatable bonds is 5. The first-order valence-corrected chi connectivity index (χ1v) is 9.33. The van der Waals surface area contributed by atoms with Crippen LogP contribution in [0.25, 0.3) is 0 Å². The number of nitro benzene ring substituents is 1. The van der Waals surface area contributed by atoms with Crippen LogP contribution < -0.4 is 5.32 Å². The van der Waals surface area contributed by atoms with Gasteiger partial charge in [0.1, 0.15) is 0 Å². The number of halogens is 1. The van der Waals surface area contributed by atoms with Crippen LogP contribution in [0.3, 0.4) is 0 Å². The molecular weight excluding hydrogens is 366 g/mol. The second kappa shape index (κ2) is 8.50. The number of hydrogen-bond acceptors (Lipinski definition) is 4. The standard InChI is InChI=1S/C20H22ClN3O3/c1-14-8-9-17(24(26)27)11-19(14)22-20(25)16-6-4-10-23(13-16)12-15-5-2-3-7-18(15)21/h2-3,5,7-9,11,16H,4,6,10,12-13H2,1H3,(H,22,25)/t16-/m0/s1. The van der Waals surface area contributed by atoms with Gasteiger partial charge in [0, 0.05) is 30.2 Å². The van der Waals surface area contributed by atoms with Crippen molar-refractivity contribution in [3.8, 4) is 0 Å². The van der Waals surface area contributed by atoms with Crippen molar-refractivity contribution in [2.45, 2.75) is 26.3 Å². The Morgan fingerprint density at radius 2 is 2.11 bits per heavy atom. The molecule has 27 heavy (non-hydrogen) atoms. The van der Waals surface area contributed by atoms with Gasteiger partial charge in [0.15, 0.2) is 0 Å². The molecule has 3 rings (SSSR count). The quantitative estimate of drug-likeness (QED) is 0.609. The number of benzene rings is 2. The molecule has 142 valence electrons. The van der Waals surface area contributed by atoms with Crippen molar-refractivity contribution in [1.82, 2.24) is 4.90 Å². The van der Waals surface area contributed by atoms with Gasteiger partial charge in [-0.2, -0.15) is 0 Å². The highest BCUT2D eigenvalue weighted by Gasteiger charge is 2.26. The monoisotopic (exact) mass is 387 g/mol. The van der Waals surface area contributed by atoms with Crippen LogP contribution >= 0.6 is 11.6 Å². The number of piperidine rings is 1. The first-order valence-electron chi connectivity index (χ1n) is 8.95. The molecule has 2 aromatic carbocycles. The Bertz CT molecular complexity index is 856. The molecule has 1 fully saturated rings. The third-order valence-electron chi connectivity index (χ3n) is 4.92. The first kappa shape index (κ1) is 19.3. The highest BCUT2D eigenvalue weighted by Crippen LogP contribution is 2.25. The Hall–Kier alpha value is -2.44. The van der Waals surface area contributed by atoms with E-state index >= 15 is 0 Å². The second-order valence-electron chi connectivity index (χ2n) is 6.91. The summed E-state index contributed by atoms with van der Waals surface area (Å²) in [5, 5.41) is 14.6. The van der Waals surface area contributed by atoms with Gasteiger partial charge >= 0.3 is 0 Å². The SMILES string of the molecule is Cc1ccc([N+](=O)[O-])cc1NC(=O)[C@H]1CCCN(Cc2ccccc2Cl)C1. The third-order valence-corrected chi connectivity index (χ3v) is 5.29. The minimum atomic E-state index is -0.457. The van der Waals surface area contributed by atoms with E-state index in [0.29, 0.717) is 18.8 Å². The maximum absolute atomic E-state index is 12.7. The molecular formula is C20H22ClN3O3. The van der Waals surface area contributed by atoms with Gasteiger partial charge in [0.25, 0.3) is 5.69 Å². The maximum Gasteiger partial charge on any atom is 0.271 e. The molecule has 2 aromatic rings. The lowest BCUT2D eigenvalue weighted by atomic mass is 9.96. The molecule has 1 atom stereocenters. The van der Waals surface area contributed by atoms with Crippen LogP contribution in [0.2, 0.25) is 5.02 Å². The van der Waals surface area contributed by atoms with Gasteiger partial charge in [-0.25, -0.2) is 0 Å². The third kappa shape index (κ3) is 4.84. The molecule has 1 amide bonds. The van der Waals surface area contributed by atoms with Crippen LogP contribution in [-0.2, 0) is 11.3 Å². The van der Waals surface area contributed by atoms with E-state index in [2.05, 4.69) is 10.2 Å². The molecule has 1 aliphatic heterocycles. The Balaban J connectivity index is 1.66. The van der Waals surface area contributed by atoms with Crippen LogP contribution in [0.15, 0.2) is 42.5 Å². The van der Waals surface area contributed by atoms with Crippen molar-refractivity contribution in [3.63, 3.8) is 0 Å². The molecule has 1 heterocycles. The van der Waals surface area contributed by atoms with Gasteiger partial charge in [-0.15, -0.1) is 0 Å². The van der Waals surface area contributed by atoms with E-state index < -0.39 is 4.92 Å². The smallest absolute Gasteiger partial charge is 0.271 e. The van der Waals surface area contributed by atoms with Gasteiger partial charge in [0.2, 0.25) is 5.91 Å². The zero-order chi connectivity index (χ0) is 19.4. The molecule has 6 nitrogen and oxygen atoms in total. The number of nitro groups is 1. The zero-order valence-electron chi connectivity index (χ0n) is 15.2. The van der Waals surface area contributed by atoms with Crippen LogP contribution in [-0.4, -0.2) is 28.8 Å². The molecule has 0 aliphatic carbocycles. The van der Waals surface area contributed by atoms with Gasteiger partial charge in [-0.05, 0) is 43.5 Å². The van der Waals surface area contributed by atoms with Gasteiger partial charge in [-0.1, -0.05) is 35.9 Å². The Labute approximate surface area is 163 Å². The summed E-state index contributed by atoms with van der Waals surface area (Å²) >= 11 is 6.25. The lowest BCUT2D eigenvalue weighted by Crippen LogP contribution is -2.40. The van der Waals surface area contributed by atoms with Crippen molar-refractivity contribution in [2.75, 3.05) is 18.4 Å². The number of anilines is 1. The highest BCUT2D eigenvalue weighted by molar-refractivity contribution is 6.31. The summed E-state index contributed by atoms with van der Waals surface area (Å²) in [6.45, 7) is 4.10. The highest BCUT2D eigenvalue weighted by atomic mass is 35.5. The summed E-state index contributed by atoms with van der Waals surface area (Å²) in [5.41, 5.74) is 2.32. The van der Waals surface area contributed by atoms with Crippen molar-refractivity contribution in [3.05, 3.63) is 68.7 Å². The molecule has 1 N–H and O–H groups in total. The lowest BCUT2D eigenvalue weighted by molar-refractivity contribution is -0.384. The van der Waals surface area contributed by atoms with Crippen LogP contribution in [0.4, 0.5) is 11.4 Å². The van der Waals surface area contributed by atoms with Crippen molar-refractivity contribution in [1.29, 1.82) is 0 Å². The normalized spacial score (nSPS) is 17.5. The molecule has 0 spiro atoms. The van der Waals surface area contributed by atoms with E-state index in [1.807, 2.05) is 31.2 Å². The molecule has 0 saturated carbocycles. The van der Waals surface area contributed by atoms with Crippen molar-refractivity contribution < 1.29 is 9.72 Å². The Kier molecular flexibility index (Phi) is 6.08. The van der Waals surface area contributed by atoms with Crippen molar-refractivity contribution >= 4 is 28.9 Å². The molecule has 0 unspecified atom stereocenters. The summed E-state index contributed by atoms with van der Waals surface area (Å²) < 4.78 is 0. The number of likely N-dealkylation sites (tertiary alicyclic amines) is 1. The van der Waals surface area contributed by atoms with E-state index in [9.17, 15) is 14.9 Å². The molecule has 0 bridgehead atoms. The number of amides is 1. The van der Waals surface area contributed by atoms with Gasteiger partial charge < -0.3 is 5.32 Å². The number of aryl methyl sites for hydroxylation is 1. The fourth-order valence-electron chi connectivity index (χ4n) is 3.37. The fraction of sp³-hybridized carbons (Fsp3) is 0.350. The Morgan fingerprint density at radius 3 is 2.85 bits per heavy atom. The molecule has 0 radical (unpaired) electrons. The topological polar surface area (TPSA) is 75.5 Å². The summed E-state index contributed by atoms with van der Waals surface area (Å²) in [6.07, 6.45) is 1.73. The van der Waals surface area contributed by atoms with Crippen LogP contribution in [0, 0.1) is 23.0 Å². The average Bonchev–Trinajstić information content (AvgIpc) is 2.65. The number of nitrogens with zero attached hydrogens (tertiary/aromatic N) is 2. The molecule has 0 aromatic heterocycles. The van der Waals surface area contributed by atoms with Crippen molar-refractivity contribution in [2.24, 2.45) is 5.92 Å². The number of non-ortho nitro benzene ring substituents is 1. The summed E-state index contributed by atoms with van der Waals surface area (Å²) in [6, 6.07) is 12.2. The minimum absolute atomic E-state index is 0.0279. The number of carbonyl (C=O) groups is 1. The number of nitrogens with one attached hydrogen (secondary N) is 1. The molecule has 1 saturated heterocycles. The fourth-order valence-corrected chi connectivity index (χ4v) is 3.57. The second-order valence-corrected chi connectivity index (χ2v) is 7.32. The number of carbonyl (C=O) groups excluding carboxylic acids is 1. The predicted octanol–water partition coefficient (Wildman–Crippen LogP) is 4.41. The lowest BCUT2D eigenvalue weighted by Gasteiger charge is -2.32. The van der Waals surface area contributed by atoms with E-state index in [4.69, 9.17) is 11.6 Å². The van der Waals surface area contributed by atoms with E-state index in [0.717, 1.165) is 35.5 Å². The van der Waals surface area contributed by atoms with E-state index in [-0.39, 0.29) is 17.5 Å². The Morgan fingerprint density at radius 1 is 1.33 bits per heavy atom. The minimum Gasteiger partial charge on any atom is -0.325 e. The maximum atomic E-state index is 12.7. The predicted molar refractivity (Wildman–Crippen MR) is 106 cm³/mol. The van der Waals surface area contributed by atoms with Gasteiger partial charge in [-0.3, -0.25) is 19.8 Å². The van der Waals surface area contributed by atoms with E-state index in [1.54, 1.807) is 6.07 Å². The largest absolute Gasteiger partial charge is 0.325 e. The van der Waals surface area contributed by atoms with Gasteiger partial charge in [0.05, 0.1) is 16.5 Å². The molecule has 7 heteroatoms. The number of hydrogen-bond donors (Lipinski definition) is 1. The van der Waals surface area contributed by atoms with Crippen LogP contribution in [0.5, 0.6) is 0 Å². The summed E-state index contributed by atoms with van der Waals surface area (Å²) in [4.78, 5) is 25.5. The summed E-state index contributed by atoms with van der Waals surface area (Å²) in [5.74, 6) is -0.248. The first-order chi connectivity index (χ1) is 12.9. The summed E-state index contributed by atoms with van der Waals surface area (Å²) in [7, 11) is 0. The zero-order valence-corrected chi connectivity index (χ0v) is 15.9. The average molecular weight is 388 g/mol. The molecule has 1 aliphatic rings. The van der Waals surface area contributed by atoms with E-state index in [1.165, 1.54) is 12.1 Å². The van der Waals surface area contributed by atoms with Crippen LogP contribution in [0.1, 0.15) is 24.0 Å².